The van der Waals surface area contributed by atoms with Gasteiger partial charge in [-0.05, 0) is 225 Å². The maximum absolute atomic E-state index is 6.20. The highest BCUT2D eigenvalue weighted by molar-refractivity contribution is 5.53. The molecule has 10 rings (SSSR count). The monoisotopic (exact) mass is 1030 g/mol. The fraction of sp³-hybridized carbons (Fsp3) is 0.631. The van der Waals surface area contributed by atoms with E-state index in [4.69, 9.17) is 37.9 Å². The zero-order valence-corrected chi connectivity index (χ0v) is 47.8. The molecule has 2 saturated heterocycles. The Hall–Kier alpha value is -4.80. The summed E-state index contributed by atoms with van der Waals surface area (Å²) in [6, 6.07) is 19.0. The van der Waals surface area contributed by atoms with Crippen molar-refractivity contribution in [3.63, 3.8) is 0 Å². The smallest absolute Gasteiger partial charge is 0.161 e. The first-order chi connectivity index (χ1) is 36.5. The van der Waals surface area contributed by atoms with Crippen molar-refractivity contribution in [3.05, 3.63) is 93.0 Å². The number of hydrogen-bond acceptors (Lipinski definition) is 10. The number of aryl methyl sites for hydroxylation is 2. The average molecular weight is 1030 g/mol. The Morgan fingerprint density at radius 1 is 0.453 bits per heavy atom. The molecule has 8 atom stereocenters. The van der Waals surface area contributed by atoms with E-state index in [9.17, 15) is 0 Å². The molecule has 2 aliphatic carbocycles. The molecular weight excluding hydrogens is 937 g/mol. The van der Waals surface area contributed by atoms with Gasteiger partial charge in [0.15, 0.2) is 46.0 Å². The molecule has 0 bridgehead atoms. The fourth-order valence-electron chi connectivity index (χ4n) is 14.7. The van der Waals surface area contributed by atoms with Crippen LogP contribution in [0.3, 0.4) is 0 Å². The van der Waals surface area contributed by atoms with Gasteiger partial charge in [-0.3, -0.25) is 9.80 Å². The van der Waals surface area contributed by atoms with Crippen LogP contribution in [-0.2, 0) is 25.7 Å². The topological polar surface area (TPSA) is 80.3 Å². The van der Waals surface area contributed by atoms with E-state index < -0.39 is 0 Å². The van der Waals surface area contributed by atoms with E-state index >= 15 is 0 Å². The fourth-order valence-corrected chi connectivity index (χ4v) is 14.7. The van der Waals surface area contributed by atoms with Crippen LogP contribution >= 0.6 is 0 Å². The van der Waals surface area contributed by atoms with Crippen molar-refractivity contribution in [3.8, 4) is 46.0 Å². The van der Waals surface area contributed by atoms with Crippen molar-refractivity contribution in [2.45, 2.75) is 155 Å². The highest BCUT2D eigenvalue weighted by atomic mass is 16.5. The third-order valence-corrected chi connectivity index (χ3v) is 18.8. The van der Waals surface area contributed by atoms with Gasteiger partial charge in [-0.2, -0.15) is 0 Å². The standard InChI is InChI=1S/C34H49NO4.C31H43NO4/c1-7-23-21-35-13-11-26-17-31(36-4)32(37-5)20-29(26)30(35)16-27(23)15-24-9-8-10-25-18-34(39-14-12-22(2)3)33(38-6)19-28(24)25;1-6-20-19-32-12-11-23-15-28(33-3)29(34-4)18-26(23)27(32)14-24(20)13-21-9-8-10-22-16-31(36-7-2)30(35-5)17-25(21)22/h17-20,22-24,27,30H,7-16,21H2,1-6H3;15-18,20-21,24,27H,6-14,19H2,1-5H3/t23-,24+,27-,30-;20-,21+,24-,27-/m00/s1. The summed E-state index contributed by atoms with van der Waals surface area (Å²) in [5.41, 5.74) is 11.7. The summed E-state index contributed by atoms with van der Waals surface area (Å²) in [6.07, 6.45) is 18.0. The molecule has 0 unspecified atom stereocenters. The molecule has 0 N–H and O–H groups in total. The Labute approximate surface area is 451 Å². The minimum Gasteiger partial charge on any atom is -0.493 e. The normalized spacial score (nSPS) is 24.9. The minimum absolute atomic E-state index is 0.468. The molecule has 6 aliphatic rings. The van der Waals surface area contributed by atoms with Gasteiger partial charge < -0.3 is 37.9 Å². The Bertz CT molecular complexity index is 2540. The molecule has 4 aromatic carbocycles. The van der Waals surface area contributed by atoms with Crippen LogP contribution in [-0.4, -0.2) is 91.9 Å². The SMILES string of the molecule is CCOc1cc2c(cc1OC)[C@@H](C[C@H]1C[C@H]3c4cc(OC)c(OC)cc4CCN3C[C@@H]1CC)CCC2.CC[C@H]1CN2CCc3cc(OC)c(OC)cc3[C@@H]2C[C@@H]1C[C@H]1CCCc2cc(OCCC(C)C)c(OC)cc21. The Kier molecular flexibility index (Phi) is 18.4. The molecule has 4 heterocycles. The summed E-state index contributed by atoms with van der Waals surface area (Å²) < 4.78 is 46.3. The van der Waals surface area contributed by atoms with Crippen LogP contribution < -0.4 is 37.9 Å². The van der Waals surface area contributed by atoms with Gasteiger partial charge in [0.1, 0.15) is 0 Å². The summed E-state index contributed by atoms with van der Waals surface area (Å²) in [4.78, 5) is 5.49. The summed E-state index contributed by atoms with van der Waals surface area (Å²) in [7, 11) is 10.5. The molecule has 10 nitrogen and oxygen atoms in total. The van der Waals surface area contributed by atoms with Gasteiger partial charge in [0, 0.05) is 38.3 Å². The molecule has 0 radical (unpaired) electrons. The molecule has 2 fully saturated rings. The lowest BCUT2D eigenvalue weighted by Crippen LogP contribution is -2.46. The van der Waals surface area contributed by atoms with Crippen LogP contribution in [0, 0.1) is 29.6 Å². The van der Waals surface area contributed by atoms with E-state index in [2.05, 4.69) is 86.0 Å². The predicted octanol–water partition coefficient (Wildman–Crippen LogP) is 14.2. The maximum atomic E-state index is 6.20. The van der Waals surface area contributed by atoms with Crippen LogP contribution in [0.25, 0.3) is 0 Å². The minimum atomic E-state index is 0.468. The zero-order valence-electron chi connectivity index (χ0n) is 47.8. The number of ether oxygens (including phenoxy) is 8. The lowest BCUT2D eigenvalue weighted by molar-refractivity contribution is 0.0445. The largest absolute Gasteiger partial charge is 0.493 e. The number of benzene rings is 4. The molecule has 0 spiro atoms. The predicted molar refractivity (Wildman–Crippen MR) is 302 cm³/mol. The molecular formula is C65H92N2O8. The highest BCUT2D eigenvalue weighted by Gasteiger charge is 2.42. The van der Waals surface area contributed by atoms with E-state index in [1.807, 2.05) is 6.92 Å². The van der Waals surface area contributed by atoms with Gasteiger partial charge in [-0.1, -0.05) is 40.5 Å². The molecule has 410 valence electrons. The van der Waals surface area contributed by atoms with Gasteiger partial charge in [-0.15, -0.1) is 0 Å². The zero-order chi connectivity index (χ0) is 52.8. The van der Waals surface area contributed by atoms with E-state index in [1.165, 1.54) is 122 Å². The number of nitrogens with zero attached hydrogens (tertiary/aromatic N) is 2. The molecule has 75 heavy (non-hydrogen) atoms. The van der Waals surface area contributed by atoms with Crippen LogP contribution in [0.2, 0.25) is 0 Å². The first-order valence-corrected chi connectivity index (χ1v) is 29.2. The third kappa shape index (κ3) is 11.9. The maximum Gasteiger partial charge on any atom is 0.161 e. The molecule has 4 aliphatic heterocycles. The molecule has 0 amide bonds. The van der Waals surface area contributed by atoms with E-state index in [0.29, 0.717) is 48.3 Å². The average Bonchev–Trinajstić information content (AvgIpc) is 3.44. The summed E-state index contributed by atoms with van der Waals surface area (Å²) >= 11 is 0. The van der Waals surface area contributed by atoms with Crippen LogP contribution in [0.4, 0.5) is 0 Å². The lowest BCUT2D eigenvalue weighted by atomic mass is 9.69. The second-order valence-electron chi connectivity index (χ2n) is 23.2. The van der Waals surface area contributed by atoms with Gasteiger partial charge in [0.25, 0.3) is 0 Å². The Morgan fingerprint density at radius 3 is 1.23 bits per heavy atom. The van der Waals surface area contributed by atoms with Crippen molar-refractivity contribution < 1.29 is 37.9 Å². The van der Waals surface area contributed by atoms with Gasteiger partial charge in [-0.25, -0.2) is 0 Å². The van der Waals surface area contributed by atoms with Crippen LogP contribution in [0.1, 0.15) is 174 Å². The van der Waals surface area contributed by atoms with E-state index in [0.717, 1.165) is 110 Å². The van der Waals surface area contributed by atoms with Crippen molar-refractivity contribution in [2.75, 3.05) is 82.1 Å². The van der Waals surface area contributed by atoms with Crippen molar-refractivity contribution in [2.24, 2.45) is 29.6 Å². The summed E-state index contributed by atoms with van der Waals surface area (Å²) in [5, 5.41) is 0. The van der Waals surface area contributed by atoms with E-state index in [-0.39, 0.29) is 0 Å². The molecule has 0 aromatic heterocycles. The van der Waals surface area contributed by atoms with Gasteiger partial charge >= 0.3 is 0 Å². The van der Waals surface area contributed by atoms with Crippen LogP contribution in [0.5, 0.6) is 46.0 Å². The molecule has 10 heteroatoms. The third-order valence-electron chi connectivity index (χ3n) is 18.8. The Morgan fingerprint density at radius 2 is 0.827 bits per heavy atom. The van der Waals surface area contributed by atoms with Gasteiger partial charge in [0.2, 0.25) is 0 Å². The second kappa shape index (κ2) is 25.1. The number of piperidine rings is 2. The summed E-state index contributed by atoms with van der Waals surface area (Å²) in [5.74, 6) is 11.7. The number of hydrogen-bond donors (Lipinski definition) is 0. The summed E-state index contributed by atoms with van der Waals surface area (Å²) in [6.45, 7) is 17.4. The van der Waals surface area contributed by atoms with Crippen molar-refractivity contribution in [1.82, 2.24) is 9.80 Å². The van der Waals surface area contributed by atoms with E-state index in [1.54, 1.807) is 42.7 Å². The quantitative estimate of drug-likeness (QED) is 0.0961. The van der Waals surface area contributed by atoms with Crippen molar-refractivity contribution in [1.29, 1.82) is 0 Å². The Balaban J connectivity index is 0.000000184. The highest BCUT2D eigenvalue weighted by Crippen LogP contribution is 2.52. The first-order valence-electron chi connectivity index (χ1n) is 29.2. The van der Waals surface area contributed by atoms with Crippen molar-refractivity contribution >= 4 is 0 Å². The van der Waals surface area contributed by atoms with Gasteiger partial charge in [0.05, 0.1) is 55.9 Å². The first kappa shape index (κ1) is 55.0. The number of methoxy groups -OCH3 is 6. The molecule has 4 aromatic rings. The lowest BCUT2D eigenvalue weighted by Gasteiger charge is -2.48. The number of fused-ring (bicyclic) bond motifs is 8. The van der Waals surface area contributed by atoms with Crippen LogP contribution in [0.15, 0.2) is 48.5 Å². The molecule has 0 saturated carbocycles. The second-order valence-corrected chi connectivity index (χ2v) is 23.2. The number of rotatable bonds is 18.